The number of oxazole rings is 1. The van der Waals surface area contributed by atoms with E-state index in [1.807, 2.05) is 43.0 Å². The van der Waals surface area contributed by atoms with Gasteiger partial charge in [0.15, 0.2) is 11.5 Å². The van der Waals surface area contributed by atoms with Gasteiger partial charge in [-0.2, -0.15) is 0 Å². The number of furan rings is 1. The molecule has 0 aliphatic carbocycles. The Hall–Kier alpha value is -2.67. The summed E-state index contributed by atoms with van der Waals surface area (Å²) in [5, 5.41) is 9.75. The Balaban J connectivity index is 1.85. The van der Waals surface area contributed by atoms with Crippen molar-refractivity contribution in [3.63, 3.8) is 0 Å². The van der Waals surface area contributed by atoms with Crippen LogP contribution in [0.3, 0.4) is 0 Å². The summed E-state index contributed by atoms with van der Waals surface area (Å²) in [4.78, 5) is 18.0. The minimum absolute atomic E-state index is 0.0759. The maximum absolute atomic E-state index is 11.6. The number of fused-ring (bicyclic) bond motifs is 1. The minimum Gasteiger partial charge on any atom is -0.477 e. The van der Waals surface area contributed by atoms with Crippen LogP contribution in [-0.2, 0) is 4.79 Å². The molecule has 0 aliphatic heterocycles. The summed E-state index contributed by atoms with van der Waals surface area (Å²) < 4.78 is 11.3. The first kappa shape index (κ1) is 17.2. The Morgan fingerprint density at radius 3 is 2.64 bits per heavy atom. The largest absolute Gasteiger partial charge is 0.477 e. The van der Waals surface area contributed by atoms with Gasteiger partial charge in [0.2, 0.25) is 0 Å². The highest BCUT2D eigenvalue weighted by atomic mass is 32.2. The number of hydrogen-bond donors (Lipinski definition) is 1. The van der Waals surface area contributed by atoms with E-state index in [0.717, 1.165) is 24.9 Å². The number of hydrogen-bond acceptors (Lipinski definition) is 6. The molecule has 0 saturated carbocycles. The van der Waals surface area contributed by atoms with Crippen molar-refractivity contribution in [3.8, 4) is 0 Å². The molecule has 3 rings (SSSR count). The fourth-order valence-corrected chi connectivity index (χ4v) is 3.10. The molecule has 0 fully saturated rings. The molecule has 0 radical (unpaired) electrons. The Bertz CT molecular complexity index is 876. The first-order valence-corrected chi connectivity index (χ1v) is 8.75. The number of aliphatic carboxylic acids is 1. The number of carboxylic acids is 1. The summed E-state index contributed by atoms with van der Waals surface area (Å²) in [5.74, 6) is 0.129. The van der Waals surface area contributed by atoms with Crippen molar-refractivity contribution in [1.29, 1.82) is 0 Å². The van der Waals surface area contributed by atoms with E-state index in [1.165, 1.54) is 6.08 Å². The Kier molecular flexibility index (Phi) is 5.14. The van der Waals surface area contributed by atoms with Gasteiger partial charge < -0.3 is 18.8 Å². The van der Waals surface area contributed by atoms with Crippen molar-refractivity contribution in [2.45, 2.75) is 19.1 Å². The lowest BCUT2D eigenvalue weighted by Gasteiger charge is -2.16. The van der Waals surface area contributed by atoms with Gasteiger partial charge in [-0.3, -0.25) is 0 Å². The zero-order valence-electron chi connectivity index (χ0n) is 13.9. The second-order valence-electron chi connectivity index (χ2n) is 5.21. The van der Waals surface area contributed by atoms with E-state index in [1.54, 1.807) is 12.1 Å². The lowest BCUT2D eigenvalue weighted by Crippen LogP contribution is -2.20. The third kappa shape index (κ3) is 3.88. The number of anilines is 1. The lowest BCUT2D eigenvalue weighted by atomic mass is 10.3. The van der Waals surface area contributed by atoms with Crippen molar-refractivity contribution < 1.29 is 18.7 Å². The fourth-order valence-electron chi connectivity index (χ4n) is 2.38. The molecule has 0 saturated heterocycles. The molecular weight excluding hydrogens is 340 g/mol. The normalized spacial score (nSPS) is 11.8. The van der Waals surface area contributed by atoms with Crippen LogP contribution in [0.25, 0.3) is 17.2 Å². The number of carboxylic acid groups (broad SMARTS) is 1. The summed E-state index contributed by atoms with van der Waals surface area (Å²) in [6.45, 7) is 5.70. The van der Waals surface area contributed by atoms with E-state index in [9.17, 15) is 9.90 Å². The van der Waals surface area contributed by atoms with Crippen LogP contribution in [0.1, 0.15) is 19.6 Å². The predicted octanol–water partition coefficient (Wildman–Crippen LogP) is 4.48. The third-order valence-corrected chi connectivity index (χ3v) is 4.51. The summed E-state index contributed by atoms with van der Waals surface area (Å²) in [6, 6.07) is 10.9. The van der Waals surface area contributed by atoms with Crippen LogP contribution in [0.2, 0.25) is 0 Å². The molecule has 0 unspecified atom stereocenters. The van der Waals surface area contributed by atoms with E-state index in [4.69, 9.17) is 8.83 Å². The second kappa shape index (κ2) is 7.48. The monoisotopic (exact) mass is 358 g/mol. The maximum atomic E-state index is 11.6. The van der Waals surface area contributed by atoms with E-state index >= 15 is 0 Å². The topological polar surface area (TPSA) is 79.7 Å². The van der Waals surface area contributed by atoms with Crippen LogP contribution < -0.4 is 4.90 Å². The Morgan fingerprint density at radius 2 is 1.96 bits per heavy atom. The van der Waals surface area contributed by atoms with Crippen molar-refractivity contribution in [2.75, 3.05) is 18.0 Å². The summed E-state index contributed by atoms with van der Waals surface area (Å²) in [5.41, 5.74) is 1.31. The van der Waals surface area contributed by atoms with Gasteiger partial charge in [-0.15, -0.1) is 0 Å². The number of benzene rings is 1. The predicted molar refractivity (Wildman–Crippen MR) is 97.7 cm³/mol. The smallest absolute Gasteiger partial charge is 0.342 e. The van der Waals surface area contributed by atoms with Gasteiger partial charge >= 0.3 is 5.97 Å². The van der Waals surface area contributed by atoms with Gasteiger partial charge in [0.25, 0.3) is 5.22 Å². The van der Waals surface area contributed by atoms with E-state index in [0.29, 0.717) is 22.7 Å². The van der Waals surface area contributed by atoms with E-state index < -0.39 is 5.97 Å². The molecule has 0 amide bonds. The lowest BCUT2D eigenvalue weighted by molar-refractivity contribution is -0.131. The average Bonchev–Trinajstić information content (AvgIpc) is 3.22. The molecule has 2 heterocycles. The highest BCUT2D eigenvalue weighted by Crippen LogP contribution is 2.31. The van der Waals surface area contributed by atoms with Crippen LogP contribution in [0, 0.1) is 0 Å². The van der Waals surface area contributed by atoms with Crippen molar-refractivity contribution in [2.24, 2.45) is 0 Å². The molecule has 0 atom stereocenters. The molecule has 0 bridgehead atoms. The molecule has 1 aromatic carbocycles. The quantitative estimate of drug-likeness (QED) is 0.492. The summed E-state index contributed by atoms with van der Waals surface area (Å²) in [6.07, 6.45) is 1.48. The van der Waals surface area contributed by atoms with Crippen LogP contribution in [-0.4, -0.2) is 29.1 Å². The first-order valence-electron chi connectivity index (χ1n) is 7.94. The summed E-state index contributed by atoms with van der Waals surface area (Å²) in [7, 11) is 0. The zero-order chi connectivity index (χ0) is 17.8. The average molecular weight is 358 g/mol. The SMILES string of the molecule is CCN(CC)c1ccc(/C=C(\Sc2nc3ccccc3o2)C(=O)O)o1. The van der Waals surface area contributed by atoms with Crippen LogP contribution in [0.15, 0.2) is 55.4 Å². The molecule has 7 heteroatoms. The number of carbonyl (C=O) groups is 1. The van der Waals surface area contributed by atoms with Crippen LogP contribution >= 0.6 is 11.8 Å². The first-order chi connectivity index (χ1) is 12.1. The summed E-state index contributed by atoms with van der Waals surface area (Å²) >= 11 is 0.957. The molecule has 25 heavy (non-hydrogen) atoms. The number of nitrogens with zero attached hydrogens (tertiary/aromatic N) is 2. The van der Waals surface area contributed by atoms with Gasteiger partial charge in [-0.1, -0.05) is 12.1 Å². The third-order valence-electron chi connectivity index (χ3n) is 3.64. The molecule has 0 aliphatic rings. The standard InChI is InChI=1S/C18H18N2O4S/c1-3-20(4-2)16-10-9-12(23-16)11-15(17(21)22)25-18-19-13-7-5-6-8-14(13)24-18/h5-11H,3-4H2,1-2H3,(H,21,22)/b15-11-. The van der Waals surface area contributed by atoms with Crippen LogP contribution in [0.4, 0.5) is 5.88 Å². The number of rotatable bonds is 7. The highest BCUT2D eigenvalue weighted by molar-refractivity contribution is 8.03. The molecule has 2 aromatic heterocycles. The molecule has 3 aromatic rings. The molecule has 1 N–H and O–H groups in total. The molecule has 130 valence electrons. The second-order valence-corrected chi connectivity index (χ2v) is 6.20. The van der Waals surface area contributed by atoms with Gasteiger partial charge in [-0.25, -0.2) is 9.78 Å². The number of aromatic nitrogens is 1. The van der Waals surface area contributed by atoms with Crippen molar-refractivity contribution in [3.05, 3.63) is 47.1 Å². The zero-order valence-corrected chi connectivity index (χ0v) is 14.7. The fraction of sp³-hybridized carbons (Fsp3) is 0.222. The molecular formula is C18H18N2O4S. The van der Waals surface area contributed by atoms with E-state index in [-0.39, 0.29) is 10.1 Å². The van der Waals surface area contributed by atoms with Crippen molar-refractivity contribution >= 4 is 40.8 Å². The minimum atomic E-state index is -1.06. The van der Waals surface area contributed by atoms with Crippen LogP contribution in [0.5, 0.6) is 0 Å². The van der Waals surface area contributed by atoms with E-state index in [2.05, 4.69) is 4.98 Å². The Morgan fingerprint density at radius 1 is 1.20 bits per heavy atom. The Labute approximate surface area is 149 Å². The molecule has 6 nitrogen and oxygen atoms in total. The van der Waals surface area contributed by atoms with Gasteiger partial charge in [0, 0.05) is 25.2 Å². The number of para-hydroxylation sites is 2. The highest BCUT2D eigenvalue weighted by Gasteiger charge is 2.16. The maximum Gasteiger partial charge on any atom is 0.342 e. The molecule has 0 spiro atoms. The van der Waals surface area contributed by atoms with Gasteiger partial charge in [0.1, 0.15) is 16.2 Å². The van der Waals surface area contributed by atoms with Gasteiger partial charge in [-0.05, 0) is 43.8 Å². The van der Waals surface area contributed by atoms with Gasteiger partial charge in [0.05, 0.1) is 0 Å². The van der Waals surface area contributed by atoms with Crippen molar-refractivity contribution in [1.82, 2.24) is 4.98 Å². The number of thioether (sulfide) groups is 1.